The minimum absolute atomic E-state index is 0.0219. The fourth-order valence-electron chi connectivity index (χ4n) is 5.04. The predicted molar refractivity (Wildman–Crippen MR) is 148 cm³/mol. The molecule has 1 fully saturated rings. The van der Waals surface area contributed by atoms with Gasteiger partial charge in [-0.05, 0) is 42.0 Å². The number of hydrogen-bond acceptors (Lipinski definition) is 7. The van der Waals surface area contributed by atoms with Crippen LogP contribution in [0.25, 0.3) is 33.6 Å². The monoisotopic (exact) mass is 525 g/mol. The molecule has 1 amide bonds. The predicted octanol–water partition coefficient (Wildman–Crippen LogP) is 5.79. The van der Waals surface area contributed by atoms with Crippen LogP contribution in [0, 0.1) is 23.2 Å². The van der Waals surface area contributed by atoms with Crippen LogP contribution in [0.1, 0.15) is 29.8 Å². The number of methoxy groups -OCH3 is 1. The summed E-state index contributed by atoms with van der Waals surface area (Å²) in [6, 6.07) is 16.9. The molecular weight excluding hydrogens is 494 g/mol. The summed E-state index contributed by atoms with van der Waals surface area (Å²) in [5, 5.41) is 9.94. The number of hydrogen-bond donors (Lipinski definition) is 0. The largest absolute Gasteiger partial charge is 0.496 e. The maximum Gasteiger partial charge on any atom is 0.253 e. The van der Waals surface area contributed by atoms with Gasteiger partial charge in [-0.25, -0.2) is 0 Å². The number of nitriles is 1. The van der Waals surface area contributed by atoms with Gasteiger partial charge in [-0.2, -0.15) is 5.26 Å². The second-order valence-electron chi connectivity index (χ2n) is 10.2. The Morgan fingerprint density at radius 1 is 1.03 bits per heavy atom. The third-order valence-corrected chi connectivity index (χ3v) is 7.09. The van der Waals surface area contributed by atoms with Crippen molar-refractivity contribution in [2.75, 3.05) is 34.4 Å². The van der Waals surface area contributed by atoms with Crippen LogP contribution in [0.5, 0.6) is 11.5 Å². The third-order valence-electron chi connectivity index (χ3n) is 7.09. The Morgan fingerprint density at radius 2 is 1.79 bits per heavy atom. The lowest BCUT2D eigenvalue weighted by molar-refractivity contribution is -0.0551. The number of nitrogens with zero attached hydrogens (tertiary/aromatic N) is 3. The molecule has 0 N–H and O–H groups in total. The van der Waals surface area contributed by atoms with E-state index < -0.39 is 0 Å². The first-order valence-electron chi connectivity index (χ1n) is 12.9. The van der Waals surface area contributed by atoms with Crippen LogP contribution in [0.4, 0.5) is 0 Å². The molecular formula is C31H31N3O5. The molecule has 2 aromatic heterocycles. The zero-order valence-electron chi connectivity index (χ0n) is 22.7. The molecule has 8 heteroatoms. The molecule has 0 bridgehead atoms. The summed E-state index contributed by atoms with van der Waals surface area (Å²) < 4.78 is 23.9. The lowest BCUT2D eigenvalue weighted by Gasteiger charge is -2.34. The van der Waals surface area contributed by atoms with E-state index in [0.717, 1.165) is 11.1 Å². The smallest absolute Gasteiger partial charge is 0.253 e. The number of benzene rings is 2. The Labute approximate surface area is 227 Å². The van der Waals surface area contributed by atoms with E-state index in [2.05, 4.69) is 24.9 Å². The van der Waals surface area contributed by atoms with Gasteiger partial charge in [-0.3, -0.25) is 9.78 Å². The van der Waals surface area contributed by atoms with Crippen LogP contribution in [-0.4, -0.2) is 56.3 Å². The second kappa shape index (κ2) is 10.8. The van der Waals surface area contributed by atoms with E-state index in [4.69, 9.17) is 18.6 Å². The van der Waals surface area contributed by atoms with E-state index in [1.807, 2.05) is 36.4 Å². The minimum atomic E-state index is -0.116. The number of pyridine rings is 1. The van der Waals surface area contributed by atoms with Crippen LogP contribution in [0.3, 0.4) is 0 Å². The highest BCUT2D eigenvalue weighted by molar-refractivity contribution is 5.96. The highest BCUT2D eigenvalue weighted by Crippen LogP contribution is 2.39. The van der Waals surface area contributed by atoms with Gasteiger partial charge in [0.2, 0.25) is 0 Å². The number of furan rings is 1. The quantitative estimate of drug-likeness (QED) is 0.314. The Kier molecular flexibility index (Phi) is 7.27. The Balaban J connectivity index is 1.51. The van der Waals surface area contributed by atoms with Crippen molar-refractivity contribution in [3.63, 3.8) is 0 Å². The summed E-state index contributed by atoms with van der Waals surface area (Å²) in [7, 11) is 4.97. The summed E-state index contributed by atoms with van der Waals surface area (Å²) in [6.45, 7) is 5.49. The van der Waals surface area contributed by atoms with Crippen LogP contribution in [0.15, 0.2) is 59.1 Å². The summed E-state index contributed by atoms with van der Waals surface area (Å²) in [4.78, 5) is 18.4. The average molecular weight is 526 g/mol. The molecule has 1 saturated heterocycles. The molecule has 1 aliphatic rings. The summed E-state index contributed by atoms with van der Waals surface area (Å²) in [5.74, 6) is 1.99. The van der Waals surface area contributed by atoms with E-state index in [-0.39, 0.29) is 23.8 Å². The molecule has 200 valence electrons. The molecule has 5 rings (SSSR count). The number of amides is 1. The van der Waals surface area contributed by atoms with Crippen molar-refractivity contribution in [1.29, 1.82) is 5.26 Å². The zero-order valence-corrected chi connectivity index (χ0v) is 22.7. The summed E-state index contributed by atoms with van der Waals surface area (Å²) in [5.41, 5.74) is 4.57. The van der Waals surface area contributed by atoms with Crippen molar-refractivity contribution >= 4 is 17.0 Å². The second-order valence-corrected chi connectivity index (χ2v) is 10.2. The number of fused-ring (bicyclic) bond motifs is 1. The van der Waals surface area contributed by atoms with Crippen LogP contribution >= 0.6 is 0 Å². The van der Waals surface area contributed by atoms with Gasteiger partial charge in [-0.1, -0.05) is 19.9 Å². The zero-order chi connectivity index (χ0) is 27.7. The Morgan fingerprint density at radius 3 is 2.49 bits per heavy atom. The molecule has 0 unspecified atom stereocenters. The molecule has 39 heavy (non-hydrogen) atoms. The third kappa shape index (κ3) is 5.06. The Bertz CT molecular complexity index is 1560. The number of carbonyl (C=O) groups is 1. The van der Waals surface area contributed by atoms with E-state index in [1.54, 1.807) is 39.5 Å². The highest BCUT2D eigenvalue weighted by Gasteiger charge is 2.31. The van der Waals surface area contributed by atoms with Crippen molar-refractivity contribution in [1.82, 2.24) is 9.88 Å². The van der Waals surface area contributed by atoms with Gasteiger partial charge in [0, 0.05) is 49.3 Å². The van der Waals surface area contributed by atoms with Crippen LogP contribution < -0.4 is 9.47 Å². The number of carbonyl (C=O) groups excluding carboxylic acids is 1. The van der Waals surface area contributed by atoms with Crippen molar-refractivity contribution in [2.24, 2.45) is 11.8 Å². The van der Waals surface area contributed by atoms with E-state index in [1.165, 1.54) is 4.90 Å². The molecule has 4 aromatic rings. The van der Waals surface area contributed by atoms with Gasteiger partial charge in [0.05, 0.1) is 31.5 Å². The van der Waals surface area contributed by atoms with Gasteiger partial charge in [-0.15, -0.1) is 0 Å². The molecule has 0 saturated carbocycles. The molecule has 2 atom stereocenters. The van der Waals surface area contributed by atoms with Gasteiger partial charge < -0.3 is 23.5 Å². The fraction of sp³-hybridized carbons (Fsp3) is 0.323. The van der Waals surface area contributed by atoms with Gasteiger partial charge in [0.25, 0.3) is 5.91 Å². The van der Waals surface area contributed by atoms with E-state index >= 15 is 0 Å². The molecule has 0 spiro atoms. The first kappa shape index (κ1) is 26.3. The summed E-state index contributed by atoms with van der Waals surface area (Å²) in [6.07, 6.45) is 1.70. The van der Waals surface area contributed by atoms with Gasteiger partial charge in [0.15, 0.2) is 5.58 Å². The van der Waals surface area contributed by atoms with E-state index in [9.17, 15) is 10.1 Å². The molecule has 0 aliphatic carbocycles. The standard InChI is InChI=1S/C31H31N3O5/c1-18-16-37-17-19(2)29(18)38-26-9-7-20(12-22(26)15-32)23-10-11-33-25-14-28(39-30(23)25)24-8-6-21(13-27(24)36-5)31(35)34(3)4/h6-14,18-19,29H,16-17H2,1-5H3/t18-,19-/m1/s1. The lowest BCUT2D eigenvalue weighted by atomic mass is 9.92. The summed E-state index contributed by atoms with van der Waals surface area (Å²) >= 11 is 0. The van der Waals surface area contributed by atoms with Crippen LogP contribution in [0.2, 0.25) is 0 Å². The van der Waals surface area contributed by atoms with Crippen LogP contribution in [-0.2, 0) is 4.74 Å². The first-order valence-corrected chi connectivity index (χ1v) is 12.9. The van der Waals surface area contributed by atoms with Gasteiger partial charge >= 0.3 is 0 Å². The van der Waals surface area contributed by atoms with Crippen molar-refractivity contribution in [3.8, 4) is 40.0 Å². The Hall–Kier alpha value is -4.35. The fourth-order valence-corrected chi connectivity index (χ4v) is 5.04. The van der Waals surface area contributed by atoms with Crippen molar-refractivity contribution < 1.29 is 23.4 Å². The topological polar surface area (TPSA) is 97.8 Å². The molecule has 2 aromatic carbocycles. The number of ether oxygens (including phenoxy) is 3. The molecule has 0 radical (unpaired) electrons. The highest BCUT2D eigenvalue weighted by atomic mass is 16.5. The van der Waals surface area contributed by atoms with E-state index in [0.29, 0.717) is 58.3 Å². The molecule has 8 nitrogen and oxygen atoms in total. The maximum absolute atomic E-state index is 12.4. The molecule has 3 heterocycles. The minimum Gasteiger partial charge on any atom is -0.496 e. The lowest BCUT2D eigenvalue weighted by Crippen LogP contribution is -2.41. The van der Waals surface area contributed by atoms with Crippen molar-refractivity contribution in [3.05, 3.63) is 65.9 Å². The number of aromatic nitrogens is 1. The normalized spacial score (nSPS) is 17.5. The average Bonchev–Trinajstić information content (AvgIpc) is 3.38. The van der Waals surface area contributed by atoms with Crippen molar-refractivity contribution in [2.45, 2.75) is 20.0 Å². The first-order chi connectivity index (χ1) is 18.8. The van der Waals surface area contributed by atoms with Gasteiger partial charge in [0.1, 0.15) is 34.9 Å². The maximum atomic E-state index is 12.4. The number of rotatable bonds is 6. The molecule has 1 aliphatic heterocycles. The SMILES string of the molecule is COc1cc(C(=O)N(C)C)ccc1-c1cc2nccc(-c3ccc(OC4[C@H](C)COC[C@H]4C)c(C#N)c3)c2o1.